The minimum atomic E-state index is -3.86. The molecule has 1 atom stereocenters. The molecule has 1 aliphatic heterocycles. The van der Waals surface area contributed by atoms with Crippen LogP contribution in [0.25, 0.3) is 0 Å². The Morgan fingerprint density at radius 3 is 2.27 bits per heavy atom. The molecule has 30 heavy (non-hydrogen) atoms. The quantitative estimate of drug-likeness (QED) is 0.684. The molecule has 2 aromatic rings. The van der Waals surface area contributed by atoms with Crippen molar-refractivity contribution in [3.8, 4) is 11.5 Å². The Kier molecular flexibility index (Phi) is 6.67. The molecule has 0 saturated heterocycles. The Bertz CT molecular complexity index is 1020. The zero-order valence-corrected chi connectivity index (χ0v) is 18.2. The number of rotatable bonds is 8. The van der Waals surface area contributed by atoms with Gasteiger partial charge >= 0.3 is 5.97 Å². The van der Waals surface area contributed by atoms with Gasteiger partial charge in [-0.15, -0.1) is 0 Å². The van der Waals surface area contributed by atoms with Crippen molar-refractivity contribution < 1.29 is 27.8 Å². The lowest BCUT2D eigenvalue weighted by Gasteiger charge is -2.36. The fraction of sp³-hybridized carbons (Fsp3) is 0.409. The summed E-state index contributed by atoms with van der Waals surface area (Å²) in [5, 5.41) is 9.52. The fourth-order valence-corrected chi connectivity index (χ4v) is 5.34. The van der Waals surface area contributed by atoms with Crippen LogP contribution in [0, 0.1) is 6.92 Å². The predicted molar refractivity (Wildman–Crippen MR) is 113 cm³/mol. The van der Waals surface area contributed by atoms with E-state index in [9.17, 15) is 18.3 Å². The third-order valence-electron chi connectivity index (χ3n) is 5.11. The maximum atomic E-state index is 13.4. The summed E-state index contributed by atoms with van der Waals surface area (Å²) in [4.78, 5) is 11.8. The van der Waals surface area contributed by atoms with E-state index in [1.165, 1.54) is 4.31 Å². The first-order valence-electron chi connectivity index (χ1n) is 10.0. The Hall–Kier alpha value is -2.58. The van der Waals surface area contributed by atoms with Gasteiger partial charge in [-0.1, -0.05) is 17.7 Å². The third-order valence-corrected chi connectivity index (χ3v) is 7.03. The first kappa shape index (κ1) is 22.1. The topological polar surface area (TPSA) is 93.1 Å². The van der Waals surface area contributed by atoms with Gasteiger partial charge < -0.3 is 14.6 Å². The number of sulfonamides is 1. The molecule has 0 aromatic heterocycles. The Morgan fingerprint density at radius 2 is 1.70 bits per heavy atom. The van der Waals surface area contributed by atoms with Crippen molar-refractivity contribution in [1.29, 1.82) is 0 Å². The van der Waals surface area contributed by atoms with Crippen LogP contribution in [0.1, 0.15) is 43.0 Å². The summed E-state index contributed by atoms with van der Waals surface area (Å²) in [5.41, 5.74) is 2.47. The second-order valence-corrected chi connectivity index (χ2v) is 9.05. The number of fused-ring (bicyclic) bond motifs is 1. The molecule has 0 bridgehead atoms. The van der Waals surface area contributed by atoms with Crippen molar-refractivity contribution in [2.24, 2.45) is 0 Å². The van der Waals surface area contributed by atoms with Crippen molar-refractivity contribution in [2.45, 2.75) is 44.6 Å². The number of aliphatic carboxylic acids is 1. The van der Waals surface area contributed by atoms with E-state index in [1.807, 2.05) is 26.8 Å². The number of carbonyl (C=O) groups is 1. The third kappa shape index (κ3) is 4.44. The maximum Gasteiger partial charge on any atom is 0.305 e. The molecule has 1 heterocycles. The van der Waals surface area contributed by atoms with Crippen LogP contribution in [0.3, 0.4) is 0 Å². The van der Waals surface area contributed by atoms with Gasteiger partial charge in [0.15, 0.2) is 11.5 Å². The zero-order valence-electron chi connectivity index (χ0n) is 17.4. The Balaban J connectivity index is 2.09. The molecule has 0 fully saturated rings. The monoisotopic (exact) mass is 433 g/mol. The van der Waals surface area contributed by atoms with E-state index in [0.29, 0.717) is 36.7 Å². The molecule has 162 valence electrons. The van der Waals surface area contributed by atoms with Crippen molar-refractivity contribution in [3.63, 3.8) is 0 Å². The summed E-state index contributed by atoms with van der Waals surface area (Å²) in [6.07, 6.45) is 0.126. The van der Waals surface area contributed by atoms with Crippen LogP contribution >= 0.6 is 0 Å². The second kappa shape index (κ2) is 9.06. The molecule has 1 aliphatic rings. The number of nitrogens with zero attached hydrogens (tertiary/aromatic N) is 1. The SMILES string of the molecule is CCOc1cc2c(cc1OCC)C(CC(=O)O)N(S(=O)(=O)c1ccc(C)cc1)CC2. The smallest absolute Gasteiger partial charge is 0.305 e. The predicted octanol–water partition coefficient (Wildman–Crippen LogP) is 3.56. The van der Waals surface area contributed by atoms with Gasteiger partial charge in [0.25, 0.3) is 0 Å². The summed E-state index contributed by atoms with van der Waals surface area (Å²) in [6, 6.07) is 9.33. The molecule has 0 amide bonds. The van der Waals surface area contributed by atoms with Gasteiger partial charge in [0.2, 0.25) is 10.0 Å². The highest BCUT2D eigenvalue weighted by Gasteiger charge is 2.38. The first-order chi connectivity index (χ1) is 14.3. The molecule has 7 nitrogen and oxygen atoms in total. The first-order valence-corrected chi connectivity index (χ1v) is 11.4. The summed E-state index contributed by atoms with van der Waals surface area (Å²) < 4.78 is 39.4. The lowest BCUT2D eigenvalue weighted by molar-refractivity contribution is -0.138. The standard InChI is InChI=1S/C22H27NO6S/c1-4-28-20-12-16-10-11-23(30(26,27)17-8-6-15(3)7-9-17)19(14-22(24)25)18(16)13-21(20)29-5-2/h6-9,12-13,19H,4-5,10-11,14H2,1-3H3,(H,24,25). The highest BCUT2D eigenvalue weighted by atomic mass is 32.2. The van der Waals surface area contributed by atoms with Crippen LogP contribution in [0.5, 0.6) is 11.5 Å². The van der Waals surface area contributed by atoms with Crippen molar-refractivity contribution in [1.82, 2.24) is 4.31 Å². The van der Waals surface area contributed by atoms with Gasteiger partial charge in [-0.2, -0.15) is 4.31 Å². The lowest BCUT2D eigenvalue weighted by atomic mass is 9.91. The molecular weight excluding hydrogens is 406 g/mol. The maximum absolute atomic E-state index is 13.4. The van der Waals surface area contributed by atoms with Crippen LogP contribution in [0.15, 0.2) is 41.3 Å². The van der Waals surface area contributed by atoms with Gasteiger partial charge in [-0.3, -0.25) is 4.79 Å². The number of benzene rings is 2. The van der Waals surface area contributed by atoms with E-state index in [0.717, 1.165) is 11.1 Å². The minimum Gasteiger partial charge on any atom is -0.490 e. The molecule has 0 spiro atoms. The van der Waals surface area contributed by atoms with Crippen LogP contribution < -0.4 is 9.47 Å². The van der Waals surface area contributed by atoms with E-state index in [4.69, 9.17) is 9.47 Å². The summed E-state index contributed by atoms with van der Waals surface area (Å²) in [5.74, 6) is 0.00823. The highest BCUT2D eigenvalue weighted by molar-refractivity contribution is 7.89. The lowest BCUT2D eigenvalue weighted by Crippen LogP contribution is -2.41. The van der Waals surface area contributed by atoms with Gasteiger partial charge in [0, 0.05) is 6.54 Å². The molecule has 1 N–H and O–H groups in total. The van der Waals surface area contributed by atoms with Crippen LogP contribution in [0.2, 0.25) is 0 Å². The van der Waals surface area contributed by atoms with Gasteiger partial charge in [-0.05, 0) is 62.6 Å². The number of carboxylic acid groups (broad SMARTS) is 1. The van der Waals surface area contributed by atoms with Crippen molar-refractivity contribution >= 4 is 16.0 Å². The van der Waals surface area contributed by atoms with E-state index in [1.54, 1.807) is 30.3 Å². The van der Waals surface area contributed by atoms with Crippen LogP contribution in [-0.4, -0.2) is 43.6 Å². The molecule has 1 unspecified atom stereocenters. The van der Waals surface area contributed by atoms with E-state index in [2.05, 4.69) is 0 Å². The largest absolute Gasteiger partial charge is 0.490 e. The molecule has 8 heteroatoms. The summed E-state index contributed by atoms with van der Waals surface area (Å²) >= 11 is 0. The van der Waals surface area contributed by atoms with Gasteiger partial charge in [0.05, 0.1) is 30.6 Å². The van der Waals surface area contributed by atoms with Gasteiger partial charge in [0.1, 0.15) is 0 Å². The molecular formula is C22H27NO6S. The number of hydrogen-bond donors (Lipinski definition) is 1. The second-order valence-electron chi connectivity index (χ2n) is 7.16. The van der Waals surface area contributed by atoms with E-state index in [-0.39, 0.29) is 17.9 Å². The fourth-order valence-electron chi connectivity index (χ4n) is 3.73. The number of aryl methyl sites for hydroxylation is 1. The summed E-state index contributed by atoms with van der Waals surface area (Å²) in [6.45, 7) is 6.67. The normalized spacial score (nSPS) is 16.7. The van der Waals surface area contributed by atoms with Crippen molar-refractivity contribution in [3.05, 3.63) is 53.1 Å². The van der Waals surface area contributed by atoms with Crippen LogP contribution in [-0.2, 0) is 21.2 Å². The molecule has 0 aliphatic carbocycles. The van der Waals surface area contributed by atoms with E-state index < -0.39 is 22.0 Å². The van der Waals surface area contributed by atoms with Crippen molar-refractivity contribution in [2.75, 3.05) is 19.8 Å². The highest BCUT2D eigenvalue weighted by Crippen LogP contribution is 2.41. The molecule has 0 saturated carbocycles. The average Bonchev–Trinajstić information content (AvgIpc) is 2.69. The molecule has 0 radical (unpaired) electrons. The number of carboxylic acids is 1. The zero-order chi connectivity index (χ0) is 21.9. The number of ether oxygens (including phenoxy) is 2. The van der Waals surface area contributed by atoms with E-state index >= 15 is 0 Å². The number of hydrogen-bond acceptors (Lipinski definition) is 5. The Morgan fingerprint density at radius 1 is 1.10 bits per heavy atom. The molecule has 3 rings (SSSR count). The summed E-state index contributed by atoms with van der Waals surface area (Å²) in [7, 11) is -3.86. The van der Waals surface area contributed by atoms with Crippen LogP contribution in [0.4, 0.5) is 0 Å². The Labute approximate surface area is 177 Å². The van der Waals surface area contributed by atoms with Gasteiger partial charge in [-0.25, -0.2) is 8.42 Å². The molecule has 2 aromatic carbocycles. The minimum absolute atomic E-state index is 0.155. The average molecular weight is 434 g/mol.